The zero-order valence-electron chi connectivity index (χ0n) is 72.2. The Morgan fingerprint density at radius 3 is 0.651 bits per heavy atom. The van der Waals surface area contributed by atoms with Gasteiger partial charge in [-0.15, -0.1) is 0 Å². The number of unbranched alkanes of at least 4 members (excludes halogenated alkanes) is 52. The summed E-state index contributed by atoms with van der Waals surface area (Å²) in [7, 11) is -9.94. The number of ether oxygens (including phenoxy) is 4. The van der Waals surface area contributed by atoms with Gasteiger partial charge in [-0.05, 0) is 49.4 Å². The number of carbonyl (C=O) groups excluding carboxylic acids is 4. The van der Waals surface area contributed by atoms with E-state index in [2.05, 4.69) is 55.4 Å². The zero-order chi connectivity index (χ0) is 80.2. The first-order chi connectivity index (χ1) is 52.6. The van der Waals surface area contributed by atoms with Gasteiger partial charge in [-0.1, -0.05) is 421 Å². The zero-order valence-corrected chi connectivity index (χ0v) is 74.0. The summed E-state index contributed by atoms with van der Waals surface area (Å²) in [6.07, 6.45) is 69.6. The van der Waals surface area contributed by atoms with Crippen LogP contribution in [-0.4, -0.2) is 96.7 Å². The van der Waals surface area contributed by atoms with Crippen LogP contribution in [0.4, 0.5) is 0 Å². The van der Waals surface area contributed by atoms with Crippen LogP contribution < -0.4 is 0 Å². The van der Waals surface area contributed by atoms with Crippen LogP contribution in [0.15, 0.2) is 0 Å². The highest BCUT2D eigenvalue weighted by Gasteiger charge is 2.31. The number of hydrogen-bond donors (Lipinski definition) is 3. The van der Waals surface area contributed by atoms with Crippen LogP contribution in [0.1, 0.15) is 473 Å². The van der Waals surface area contributed by atoms with Gasteiger partial charge in [0.1, 0.15) is 19.3 Å². The van der Waals surface area contributed by atoms with Gasteiger partial charge in [0, 0.05) is 25.7 Å². The van der Waals surface area contributed by atoms with Crippen LogP contribution in [0.2, 0.25) is 0 Å². The number of carbonyl (C=O) groups is 4. The molecule has 0 aromatic carbocycles. The number of phosphoric acid groups is 2. The molecule has 0 radical (unpaired) electrons. The van der Waals surface area contributed by atoms with Crippen molar-refractivity contribution in [3.8, 4) is 0 Å². The Bertz CT molecular complexity index is 2110. The molecule has 6 atom stereocenters. The first kappa shape index (κ1) is 107. The summed E-state index contributed by atoms with van der Waals surface area (Å²) in [5, 5.41) is 10.7. The van der Waals surface area contributed by atoms with E-state index in [0.717, 1.165) is 114 Å². The molecule has 0 aromatic heterocycles. The van der Waals surface area contributed by atoms with E-state index in [-0.39, 0.29) is 25.7 Å². The molecule has 0 bridgehead atoms. The van der Waals surface area contributed by atoms with Gasteiger partial charge in [0.05, 0.1) is 26.4 Å². The predicted molar refractivity (Wildman–Crippen MR) is 451 cm³/mol. The highest BCUT2D eigenvalue weighted by Crippen LogP contribution is 2.45. The van der Waals surface area contributed by atoms with E-state index in [0.29, 0.717) is 31.6 Å². The molecular formula is C90H176O17P2. The molecule has 0 saturated heterocycles. The molecule has 0 aromatic rings. The van der Waals surface area contributed by atoms with Crippen LogP contribution in [0.3, 0.4) is 0 Å². The molecule has 109 heavy (non-hydrogen) atoms. The lowest BCUT2D eigenvalue weighted by Crippen LogP contribution is -2.30. The van der Waals surface area contributed by atoms with Gasteiger partial charge in [-0.2, -0.15) is 0 Å². The highest BCUT2D eigenvalue weighted by atomic mass is 31.2. The van der Waals surface area contributed by atoms with Crippen molar-refractivity contribution in [2.24, 2.45) is 23.7 Å². The minimum atomic E-state index is -4.97. The average molecular weight is 1590 g/mol. The van der Waals surface area contributed by atoms with E-state index in [1.165, 1.54) is 270 Å². The van der Waals surface area contributed by atoms with Crippen molar-refractivity contribution >= 4 is 39.5 Å². The minimum Gasteiger partial charge on any atom is -0.462 e. The largest absolute Gasteiger partial charge is 0.472 e. The van der Waals surface area contributed by atoms with Gasteiger partial charge < -0.3 is 33.8 Å². The molecule has 0 spiro atoms. The molecule has 4 unspecified atom stereocenters. The number of aliphatic hydroxyl groups excluding tert-OH is 1. The Hall–Kier alpha value is -1.94. The number of rotatable bonds is 87. The van der Waals surface area contributed by atoms with Crippen LogP contribution in [0.25, 0.3) is 0 Å². The topological polar surface area (TPSA) is 237 Å². The van der Waals surface area contributed by atoms with Crippen LogP contribution >= 0.6 is 15.6 Å². The van der Waals surface area contributed by atoms with Gasteiger partial charge in [0.15, 0.2) is 12.2 Å². The fourth-order valence-electron chi connectivity index (χ4n) is 14.0. The number of phosphoric ester groups is 2. The summed E-state index contributed by atoms with van der Waals surface area (Å²) in [6.45, 7) is 14.4. The lowest BCUT2D eigenvalue weighted by molar-refractivity contribution is -0.161. The molecule has 0 aliphatic rings. The Kier molecular flexibility index (Phi) is 77.2. The van der Waals surface area contributed by atoms with Crippen LogP contribution in [0, 0.1) is 23.7 Å². The first-order valence-electron chi connectivity index (χ1n) is 46.2. The molecule has 0 heterocycles. The van der Waals surface area contributed by atoms with Crippen LogP contribution in [0.5, 0.6) is 0 Å². The molecule has 17 nitrogen and oxygen atoms in total. The maximum atomic E-state index is 13.2. The highest BCUT2D eigenvalue weighted by molar-refractivity contribution is 7.47. The predicted octanol–water partition coefficient (Wildman–Crippen LogP) is 27.5. The lowest BCUT2D eigenvalue weighted by atomic mass is 9.99. The monoisotopic (exact) mass is 1590 g/mol. The van der Waals surface area contributed by atoms with E-state index >= 15 is 0 Å². The molecule has 0 saturated carbocycles. The molecule has 0 rings (SSSR count). The second-order valence-corrected chi connectivity index (χ2v) is 36.9. The van der Waals surface area contributed by atoms with Gasteiger partial charge >= 0.3 is 39.5 Å². The van der Waals surface area contributed by atoms with E-state index in [1.807, 2.05) is 0 Å². The lowest BCUT2D eigenvalue weighted by Gasteiger charge is -2.21. The average Bonchev–Trinajstić information content (AvgIpc) is 0.899. The van der Waals surface area contributed by atoms with E-state index < -0.39 is 97.5 Å². The molecular weight excluding hydrogens is 1410 g/mol. The Labute approximate surface area is 670 Å². The second kappa shape index (κ2) is 78.6. The van der Waals surface area contributed by atoms with E-state index in [1.54, 1.807) is 0 Å². The summed E-state index contributed by atoms with van der Waals surface area (Å²) < 4.78 is 69.0. The molecule has 3 N–H and O–H groups in total. The Balaban J connectivity index is 5.22. The summed E-state index contributed by atoms with van der Waals surface area (Å²) >= 11 is 0. The smallest absolute Gasteiger partial charge is 0.462 e. The van der Waals surface area contributed by atoms with Gasteiger partial charge in [0.25, 0.3) is 0 Å². The summed E-state index contributed by atoms with van der Waals surface area (Å²) in [5.41, 5.74) is 0. The van der Waals surface area contributed by atoms with E-state index in [4.69, 9.17) is 37.0 Å². The molecule has 648 valence electrons. The summed E-state index contributed by atoms with van der Waals surface area (Å²) in [6, 6.07) is 0. The summed E-state index contributed by atoms with van der Waals surface area (Å²) in [5.74, 6) is 1.09. The molecule has 0 aliphatic carbocycles. The van der Waals surface area contributed by atoms with Crippen molar-refractivity contribution in [2.45, 2.75) is 491 Å². The normalized spacial score (nSPS) is 14.1. The third-order valence-electron chi connectivity index (χ3n) is 21.4. The maximum absolute atomic E-state index is 13.2. The van der Waals surface area contributed by atoms with Crippen molar-refractivity contribution in [2.75, 3.05) is 39.6 Å². The maximum Gasteiger partial charge on any atom is 0.472 e. The Morgan fingerprint density at radius 1 is 0.257 bits per heavy atom. The molecule has 0 aliphatic heterocycles. The van der Waals surface area contributed by atoms with Crippen LogP contribution in [-0.2, 0) is 65.4 Å². The van der Waals surface area contributed by atoms with Gasteiger partial charge in [-0.3, -0.25) is 37.3 Å². The van der Waals surface area contributed by atoms with Gasteiger partial charge in [-0.25, -0.2) is 9.13 Å². The molecule has 0 amide bonds. The second-order valence-electron chi connectivity index (χ2n) is 34.0. The molecule has 0 fully saturated rings. The molecule has 19 heteroatoms. The first-order valence-corrected chi connectivity index (χ1v) is 49.2. The standard InChI is InChI=1S/C90H176O17P2/c1-9-83(8)69-61-53-45-37-31-25-19-12-10-11-13-21-27-33-39-47-56-64-72-89(94)106-85(76-100-87(92)70-62-54-46-38-32-26-20-15-14-17-23-29-35-42-50-58-66-80(2)3)78-104-108(96,97)102-74-84(91)75-103-109(98,99)105-79-86(77-101-88(93)71-63-55-49-41-44-52-60-68-82(6)7)107-90(95)73-65-57-48-40-34-28-22-16-18-24-30-36-43-51-59-67-81(4)5/h80-86,91H,9-79H2,1-8H3,(H,96,97)(H,98,99)/t83?,84?,85-,86-/m1/s1. The number of esters is 4. The van der Waals surface area contributed by atoms with E-state index in [9.17, 15) is 43.2 Å². The third kappa shape index (κ3) is 82.4. The fraction of sp³-hybridized carbons (Fsp3) is 0.956. The van der Waals surface area contributed by atoms with Crippen molar-refractivity contribution in [1.29, 1.82) is 0 Å². The van der Waals surface area contributed by atoms with Gasteiger partial charge in [0.2, 0.25) is 0 Å². The van der Waals surface area contributed by atoms with Crippen molar-refractivity contribution < 1.29 is 80.2 Å². The number of aliphatic hydroxyl groups is 1. The van der Waals surface area contributed by atoms with Crippen molar-refractivity contribution in [3.05, 3.63) is 0 Å². The summed E-state index contributed by atoms with van der Waals surface area (Å²) in [4.78, 5) is 73.3. The SMILES string of the molecule is CCC(C)CCCCCCCCCCCCCCCCCCCCC(=O)O[C@H](COC(=O)CCCCCCCCCCCCCCCCCCC(C)C)COP(=O)(O)OCC(O)COP(=O)(O)OC[C@@H](COC(=O)CCCCCCCCCC(C)C)OC(=O)CCCCCCCCCCCCCCCCCC(C)C. The quantitative estimate of drug-likeness (QED) is 0.0222. The Morgan fingerprint density at radius 2 is 0.440 bits per heavy atom. The van der Waals surface area contributed by atoms with Crippen molar-refractivity contribution in [3.63, 3.8) is 0 Å². The third-order valence-corrected chi connectivity index (χ3v) is 23.3. The number of hydrogen-bond acceptors (Lipinski definition) is 15. The van der Waals surface area contributed by atoms with Crippen molar-refractivity contribution in [1.82, 2.24) is 0 Å². The minimum absolute atomic E-state index is 0.107. The fourth-order valence-corrected chi connectivity index (χ4v) is 15.6.